The molecule has 5 heteroatoms. The lowest BCUT2D eigenvalue weighted by molar-refractivity contribution is 0.0937. The highest BCUT2D eigenvalue weighted by Crippen LogP contribution is 2.24. The molecule has 5 nitrogen and oxygen atoms in total. The minimum atomic E-state index is -0.104. The van der Waals surface area contributed by atoms with E-state index in [2.05, 4.69) is 27.3 Å². The molecular formula is C20H22N4O. The Morgan fingerprint density at radius 2 is 2.12 bits per heavy atom. The van der Waals surface area contributed by atoms with Gasteiger partial charge in [0.05, 0.1) is 18.5 Å². The third-order valence-corrected chi connectivity index (χ3v) is 4.58. The van der Waals surface area contributed by atoms with Gasteiger partial charge in [0, 0.05) is 24.5 Å². The number of nitriles is 1. The van der Waals surface area contributed by atoms with E-state index in [9.17, 15) is 4.79 Å². The summed E-state index contributed by atoms with van der Waals surface area (Å²) in [5.74, 6) is -0.104. The molecule has 1 aromatic heterocycles. The SMILES string of the molecule is N#CCc1cccc(C(=O)NC[C@H](c2cccnc2)N2CCCC2)c1. The Balaban J connectivity index is 1.69. The molecule has 1 aliphatic rings. The fourth-order valence-electron chi connectivity index (χ4n) is 3.29. The average Bonchev–Trinajstić information content (AvgIpc) is 3.18. The van der Waals surface area contributed by atoms with Crippen molar-refractivity contribution in [3.8, 4) is 6.07 Å². The number of pyridine rings is 1. The second-order valence-corrected chi connectivity index (χ2v) is 6.29. The van der Waals surface area contributed by atoms with Crippen molar-refractivity contribution < 1.29 is 4.79 Å². The number of carbonyl (C=O) groups excluding carboxylic acids is 1. The van der Waals surface area contributed by atoms with Crippen LogP contribution in [0.5, 0.6) is 0 Å². The van der Waals surface area contributed by atoms with Crippen molar-refractivity contribution in [1.82, 2.24) is 15.2 Å². The van der Waals surface area contributed by atoms with E-state index >= 15 is 0 Å². The summed E-state index contributed by atoms with van der Waals surface area (Å²) < 4.78 is 0. The minimum absolute atomic E-state index is 0.104. The zero-order chi connectivity index (χ0) is 17.5. The number of likely N-dealkylation sites (tertiary alicyclic amines) is 1. The maximum atomic E-state index is 12.5. The molecular weight excluding hydrogens is 312 g/mol. The van der Waals surface area contributed by atoms with Crippen LogP contribution in [0.3, 0.4) is 0 Å². The fourth-order valence-corrected chi connectivity index (χ4v) is 3.29. The summed E-state index contributed by atoms with van der Waals surface area (Å²) >= 11 is 0. The molecule has 2 aromatic rings. The van der Waals surface area contributed by atoms with E-state index in [0.717, 1.165) is 24.2 Å². The van der Waals surface area contributed by atoms with Gasteiger partial charge in [-0.3, -0.25) is 14.7 Å². The molecule has 25 heavy (non-hydrogen) atoms. The highest BCUT2D eigenvalue weighted by Gasteiger charge is 2.24. The van der Waals surface area contributed by atoms with Crippen molar-refractivity contribution in [3.63, 3.8) is 0 Å². The molecule has 1 saturated heterocycles. The Morgan fingerprint density at radius 1 is 1.28 bits per heavy atom. The van der Waals surface area contributed by atoms with Crippen LogP contribution in [0.2, 0.25) is 0 Å². The second-order valence-electron chi connectivity index (χ2n) is 6.29. The van der Waals surface area contributed by atoms with E-state index in [1.54, 1.807) is 18.3 Å². The predicted molar refractivity (Wildman–Crippen MR) is 95.9 cm³/mol. The number of nitrogens with one attached hydrogen (secondary N) is 1. The summed E-state index contributed by atoms with van der Waals surface area (Å²) in [6.07, 6.45) is 6.35. The van der Waals surface area contributed by atoms with Gasteiger partial charge in [-0.15, -0.1) is 0 Å². The van der Waals surface area contributed by atoms with Crippen molar-refractivity contribution in [3.05, 3.63) is 65.5 Å². The van der Waals surface area contributed by atoms with Crippen molar-refractivity contribution in [2.75, 3.05) is 19.6 Å². The first-order valence-electron chi connectivity index (χ1n) is 8.66. The predicted octanol–water partition coefficient (Wildman–Crippen LogP) is 2.71. The van der Waals surface area contributed by atoms with Gasteiger partial charge in [-0.05, 0) is 55.3 Å². The van der Waals surface area contributed by atoms with Crippen LogP contribution in [-0.4, -0.2) is 35.4 Å². The molecule has 0 aliphatic carbocycles. The van der Waals surface area contributed by atoms with E-state index in [-0.39, 0.29) is 11.9 Å². The molecule has 0 unspecified atom stereocenters. The van der Waals surface area contributed by atoms with Gasteiger partial charge in [0.15, 0.2) is 0 Å². The number of carbonyl (C=O) groups is 1. The summed E-state index contributed by atoms with van der Waals surface area (Å²) in [7, 11) is 0. The smallest absolute Gasteiger partial charge is 0.251 e. The molecule has 128 valence electrons. The van der Waals surface area contributed by atoms with Gasteiger partial charge < -0.3 is 5.32 Å². The third kappa shape index (κ3) is 4.43. The van der Waals surface area contributed by atoms with Gasteiger partial charge in [-0.1, -0.05) is 18.2 Å². The molecule has 3 rings (SSSR count). The zero-order valence-electron chi connectivity index (χ0n) is 14.2. The van der Waals surface area contributed by atoms with Crippen LogP contribution < -0.4 is 5.32 Å². The summed E-state index contributed by atoms with van der Waals surface area (Å²) in [5, 5.41) is 11.9. The standard InChI is InChI=1S/C20H22N4O/c21-9-8-16-5-3-6-17(13-16)20(25)23-15-19(24-11-1-2-12-24)18-7-4-10-22-14-18/h3-7,10,13-14,19H,1-2,8,11-12,15H2,(H,23,25)/t19-/m1/s1. The van der Waals surface area contributed by atoms with E-state index in [4.69, 9.17) is 5.26 Å². The normalized spacial score (nSPS) is 15.5. The summed E-state index contributed by atoms with van der Waals surface area (Å²) in [6.45, 7) is 2.65. The molecule has 1 amide bonds. The van der Waals surface area contributed by atoms with Gasteiger partial charge >= 0.3 is 0 Å². The van der Waals surface area contributed by atoms with Gasteiger partial charge in [-0.2, -0.15) is 5.26 Å². The molecule has 1 N–H and O–H groups in total. The highest BCUT2D eigenvalue weighted by molar-refractivity contribution is 5.94. The maximum absolute atomic E-state index is 12.5. The first kappa shape index (κ1) is 17.1. The molecule has 2 heterocycles. The minimum Gasteiger partial charge on any atom is -0.350 e. The van der Waals surface area contributed by atoms with Gasteiger partial charge in [0.2, 0.25) is 0 Å². The highest BCUT2D eigenvalue weighted by atomic mass is 16.1. The number of amides is 1. The number of aromatic nitrogens is 1. The zero-order valence-corrected chi connectivity index (χ0v) is 14.2. The number of hydrogen-bond donors (Lipinski definition) is 1. The molecule has 1 atom stereocenters. The quantitative estimate of drug-likeness (QED) is 0.882. The van der Waals surface area contributed by atoms with Crippen molar-refractivity contribution >= 4 is 5.91 Å². The van der Waals surface area contributed by atoms with Crippen molar-refractivity contribution in [1.29, 1.82) is 5.26 Å². The van der Waals surface area contributed by atoms with Crippen LogP contribution in [0.25, 0.3) is 0 Å². The van der Waals surface area contributed by atoms with Gasteiger partial charge in [0.25, 0.3) is 5.91 Å². The Labute approximate surface area is 148 Å². The monoisotopic (exact) mass is 334 g/mol. The van der Waals surface area contributed by atoms with E-state index < -0.39 is 0 Å². The summed E-state index contributed by atoms with van der Waals surface area (Å²) in [6, 6.07) is 13.5. The molecule has 1 aromatic carbocycles. The summed E-state index contributed by atoms with van der Waals surface area (Å²) in [5.41, 5.74) is 2.58. The van der Waals surface area contributed by atoms with Crippen LogP contribution >= 0.6 is 0 Å². The fraction of sp³-hybridized carbons (Fsp3) is 0.350. The Bertz CT molecular complexity index is 748. The first-order valence-corrected chi connectivity index (χ1v) is 8.66. The number of rotatable bonds is 6. The van der Waals surface area contributed by atoms with Crippen molar-refractivity contribution in [2.45, 2.75) is 25.3 Å². The number of nitrogens with zero attached hydrogens (tertiary/aromatic N) is 3. The van der Waals surface area contributed by atoms with E-state index in [0.29, 0.717) is 18.5 Å². The maximum Gasteiger partial charge on any atom is 0.251 e. The first-order chi connectivity index (χ1) is 12.3. The lowest BCUT2D eigenvalue weighted by Crippen LogP contribution is -2.36. The van der Waals surface area contributed by atoms with Crippen LogP contribution in [-0.2, 0) is 6.42 Å². The molecule has 0 bridgehead atoms. The number of benzene rings is 1. The lowest BCUT2D eigenvalue weighted by Gasteiger charge is -2.28. The van der Waals surface area contributed by atoms with E-state index in [1.807, 2.05) is 24.4 Å². The lowest BCUT2D eigenvalue weighted by atomic mass is 10.1. The molecule has 1 aliphatic heterocycles. The molecule has 0 radical (unpaired) electrons. The van der Waals surface area contributed by atoms with Crippen molar-refractivity contribution in [2.24, 2.45) is 0 Å². The Morgan fingerprint density at radius 3 is 2.84 bits per heavy atom. The molecule has 0 saturated carbocycles. The van der Waals surface area contributed by atoms with E-state index in [1.165, 1.54) is 12.8 Å². The Kier molecular flexibility index (Phi) is 5.76. The summed E-state index contributed by atoms with van der Waals surface area (Å²) in [4.78, 5) is 19.2. The Hall–Kier alpha value is -2.71. The molecule has 0 spiro atoms. The average molecular weight is 334 g/mol. The van der Waals surface area contributed by atoms with Crippen LogP contribution in [0.15, 0.2) is 48.8 Å². The van der Waals surface area contributed by atoms with Gasteiger partial charge in [0.1, 0.15) is 0 Å². The second kappa shape index (κ2) is 8.41. The van der Waals surface area contributed by atoms with Crippen LogP contribution in [0, 0.1) is 11.3 Å². The van der Waals surface area contributed by atoms with Crippen LogP contribution in [0.1, 0.15) is 40.4 Å². The largest absolute Gasteiger partial charge is 0.350 e. The van der Waals surface area contributed by atoms with Gasteiger partial charge in [-0.25, -0.2) is 0 Å². The van der Waals surface area contributed by atoms with Crippen LogP contribution in [0.4, 0.5) is 0 Å². The number of hydrogen-bond acceptors (Lipinski definition) is 4. The third-order valence-electron chi connectivity index (χ3n) is 4.58. The topological polar surface area (TPSA) is 69.0 Å². The molecule has 1 fully saturated rings.